The Kier molecular flexibility index (Phi) is 8.67. The smallest absolute Gasteiger partial charge is 0.345 e. The topological polar surface area (TPSA) is 63.7 Å². The lowest BCUT2D eigenvalue weighted by Crippen LogP contribution is -2.50. The minimum absolute atomic E-state index is 0.0186. The number of ether oxygens (including phenoxy) is 3. The highest BCUT2D eigenvalue weighted by molar-refractivity contribution is 7.53. The van der Waals surface area contributed by atoms with Gasteiger partial charge in [-0.25, -0.2) is 9.34 Å². The summed E-state index contributed by atoms with van der Waals surface area (Å²) >= 11 is 0. The van der Waals surface area contributed by atoms with Crippen LogP contribution in [0.25, 0.3) is 0 Å². The van der Waals surface area contributed by atoms with Gasteiger partial charge in [0.2, 0.25) is 0 Å². The first-order valence-corrected chi connectivity index (χ1v) is 12.6. The molecule has 29 heavy (non-hydrogen) atoms. The summed E-state index contributed by atoms with van der Waals surface area (Å²) in [5, 5.41) is 0. The fourth-order valence-electron chi connectivity index (χ4n) is 4.62. The molecule has 2 aliphatic heterocycles. The average Bonchev–Trinajstić information content (AvgIpc) is 3.16. The second-order valence-electron chi connectivity index (χ2n) is 9.10. The van der Waals surface area contributed by atoms with Gasteiger partial charge in [-0.3, -0.25) is 4.57 Å². The molecule has 0 radical (unpaired) electrons. The third-order valence-electron chi connectivity index (χ3n) is 5.93. The lowest BCUT2D eigenvalue weighted by molar-refractivity contribution is -0.0884. The summed E-state index contributed by atoms with van der Waals surface area (Å²) in [5.74, 6) is 0. The summed E-state index contributed by atoms with van der Waals surface area (Å²) in [6.45, 7) is 3.69. The molecule has 1 aliphatic carbocycles. The molecule has 0 aromatic heterocycles. The van der Waals surface area contributed by atoms with Gasteiger partial charge < -0.3 is 23.6 Å². The molecule has 5 unspecified atom stereocenters. The van der Waals surface area contributed by atoms with Crippen LogP contribution in [0.1, 0.15) is 25.7 Å². The molecule has 11 heteroatoms. The predicted molar refractivity (Wildman–Crippen MR) is 119 cm³/mol. The second-order valence-corrected chi connectivity index (χ2v) is 11.7. The van der Waals surface area contributed by atoms with E-state index in [1.165, 1.54) is 12.8 Å². The van der Waals surface area contributed by atoms with E-state index < -0.39 is 7.67 Å². The maximum atomic E-state index is 13.9. The molecule has 0 spiro atoms. The fraction of sp³-hybridized carbons (Fsp3) is 1.00. The van der Waals surface area contributed by atoms with Crippen molar-refractivity contribution in [1.29, 1.82) is 0 Å². The first-order chi connectivity index (χ1) is 13.8. The van der Waals surface area contributed by atoms with Crippen molar-refractivity contribution in [2.24, 2.45) is 0 Å². The number of hydrogen-bond acceptors (Lipinski definition) is 6. The van der Waals surface area contributed by atoms with E-state index in [-0.39, 0.29) is 24.2 Å². The van der Waals surface area contributed by atoms with Crippen molar-refractivity contribution in [3.05, 3.63) is 0 Å². The molecule has 3 fully saturated rings. The lowest BCUT2D eigenvalue weighted by atomic mass is 9.98. The number of morpholine rings is 2. The zero-order chi connectivity index (χ0) is 21.0. The molecule has 0 N–H and O–H groups in total. The van der Waals surface area contributed by atoms with Gasteiger partial charge >= 0.3 is 7.67 Å². The summed E-state index contributed by atoms with van der Waals surface area (Å²) in [5.41, 5.74) is 0. The first kappa shape index (κ1) is 23.7. The lowest BCUT2D eigenvalue weighted by Gasteiger charge is -2.43. The molecule has 1 saturated carbocycles. The summed E-state index contributed by atoms with van der Waals surface area (Å²) in [4.78, 5) is 2.23. The molecule has 2 saturated heterocycles. The standard InChI is InChI=1S/C18H38B2N3O5P/c1-21(2)29(24,26-13-15-8-22(3)10-17(19)27-15)23-9-16(28-18(20)11-23)12-25-14-6-4-5-7-14/h14-18H,4-13,19-20H2,1-3H3. The Morgan fingerprint density at radius 3 is 2.24 bits per heavy atom. The van der Waals surface area contributed by atoms with Crippen LogP contribution in [0.2, 0.25) is 0 Å². The maximum Gasteiger partial charge on any atom is 0.345 e. The van der Waals surface area contributed by atoms with Crippen LogP contribution in [0, 0.1) is 0 Å². The van der Waals surface area contributed by atoms with E-state index in [0.717, 1.165) is 25.9 Å². The molecule has 3 aliphatic rings. The normalized spacial score (nSPS) is 35.2. The fourth-order valence-corrected chi connectivity index (χ4v) is 6.70. The van der Waals surface area contributed by atoms with Gasteiger partial charge in [0.25, 0.3) is 0 Å². The van der Waals surface area contributed by atoms with Crippen molar-refractivity contribution < 1.29 is 23.3 Å². The van der Waals surface area contributed by atoms with Crippen LogP contribution in [0.4, 0.5) is 0 Å². The molecular formula is C18H38B2N3O5P. The van der Waals surface area contributed by atoms with Crippen LogP contribution in [-0.4, -0.2) is 121 Å². The van der Waals surface area contributed by atoms with E-state index in [9.17, 15) is 4.57 Å². The van der Waals surface area contributed by atoms with Gasteiger partial charge in [0.15, 0.2) is 0 Å². The molecule has 0 aromatic rings. The molecule has 0 bridgehead atoms. The van der Waals surface area contributed by atoms with Crippen LogP contribution in [-0.2, 0) is 23.3 Å². The number of nitrogens with zero attached hydrogens (tertiary/aromatic N) is 3. The Labute approximate surface area is 177 Å². The predicted octanol–water partition coefficient (Wildman–Crippen LogP) is -0.418. The second kappa shape index (κ2) is 10.6. The Morgan fingerprint density at radius 1 is 1.00 bits per heavy atom. The van der Waals surface area contributed by atoms with Crippen LogP contribution < -0.4 is 0 Å². The average molecular weight is 429 g/mol. The van der Waals surface area contributed by atoms with Crippen molar-refractivity contribution in [2.75, 3.05) is 60.5 Å². The van der Waals surface area contributed by atoms with Crippen LogP contribution >= 0.6 is 7.67 Å². The molecule has 8 nitrogen and oxygen atoms in total. The molecule has 166 valence electrons. The van der Waals surface area contributed by atoms with Crippen LogP contribution in [0.15, 0.2) is 0 Å². The van der Waals surface area contributed by atoms with Gasteiger partial charge in [-0.05, 0) is 34.0 Å². The van der Waals surface area contributed by atoms with Crippen molar-refractivity contribution >= 4 is 23.4 Å². The van der Waals surface area contributed by atoms with Gasteiger partial charge in [0.05, 0.1) is 31.5 Å². The molecule has 2 heterocycles. The zero-order valence-corrected chi connectivity index (χ0v) is 19.7. The summed E-state index contributed by atoms with van der Waals surface area (Å²) < 4.78 is 41.8. The quantitative estimate of drug-likeness (QED) is 0.381. The van der Waals surface area contributed by atoms with Crippen LogP contribution in [0.5, 0.6) is 0 Å². The molecule has 0 amide bonds. The third-order valence-corrected chi connectivity index (χ3v) is 8.47. The monoisotopic (exact) mass is 429 g/mol. The Morgan fingerprint density at radius 2 is 1.62 bits per heavy atom. The van der Waals surface area contributed by atoms with E-state index in [0.29, 0.717) is 32.4 Å². The highest BCUT2D eigenvalue weighted by Gasteiger charge is 2.41. The molecule has 0 aromatic carbocycles. The summed E-state index contributed by atoms with van der Waals surface area (Å²) in [7, 11) is 6.64. The molecular weight excluding hydrogens is 391 g/mol. The van der Waals surface area contributed by atoms with Crippen molar-refractivity contribution in [3.63, 3.8) is 0 Å². The third kappa shape index (κ3) is 6.53. The number of likely N-dealkylation sites (N-methyl/N-ethyl adjacent to an activating group) is 1. The highest BCUT2D eigenvalue weighted by atomic mass is 31.2. The number of hydrogen-bond donors (Lipinski definition) is 0. The summed E-state index contributed by atoms with van der Waals surface area (Å²) in [6, 6.07) is 0.136. The van der Waals surface area contributed by atoms with Crippen molar-refractivity contribution in [1.82, 2.24) is 14.2 Å². The first-order valence-electron chi connectivity index (χ1n) is 11.0. The van der Waals surface area contributed by atoms with Crippen molar-refractivity contribution in [3.8, 4) is 0 Å². The summed E-state index contributed by atoms with van der Waals surface area (Å²) in [6.07, 6.45) is 4.96. The Hall–Kier alpha value is 0.0799. The number of rotatable bonds is 8. The molecule has 5 atom stereocenters. The van der Waals surface area contributed by atoms with Gasteiger partial charge in [-0.1, -0.05) is 12.8 Å². The highest BCUT2D eigenvalue weighted by Crippen LogP contribution is 2.53. The largest absolute Gasteiger partial charge is 0.379 e. The van der Waals surface area contributed by atoms with E-state index in [2.05, 4.69) is 19.8 Å². The minimum Gasteiger partial charge on any atom is -0.379 e. The Balaban J connectivity index is 1.58. The van der Waals surface area contributed by atoms with E-state index in [4.69, 9.17) is 18.7 Å². The van der Waals surface area contributed by atoms with Gasteiger partial charge in [-0.2, -0.15) is 0 Å². The van der Waals surface area contributed by atoms with Gasteiger partial charge in [0.1, 0.15) is 15.7 Å². The van der Waals surface area contributed by atoms with Crippen LogP contribution in [0.3, 0.4) is 0 Å². The maximum absolute atomic E-state index is 13.9. The molecule has 3 rings (SSSR count). The van der Waals surface area contributed by atoms with E-state index in [1.807, 2.05) is 26.6 Å². The van der Waals surface area contributed by atoms with Gasteiger partial charge in [-0.15, -0.1) is 0 Å². The van der Waals surface area contributed by atoms with Gasteiger partial charge in [0, 0.05) is 38.2 Å². The minimum atomic E-state index is -3.16. The van der Waals surface area contributed by atoms with Crippen molar-refractivity contribution in [2.45, 2.75) is 56.0 Å². The SMILES string of the molecule is BC1CN(C)CC(COP(=O)(N(C)C)N2CC(B)OC(COC3CCCC3)C2)O1. The van der Waals surface area contributed by atoms with E-state index >= 15 is 0 Å². The van der Waals surface area contributed by atoms with E-state index in [1.54, 1.807) is 4.67 Å². The Bertz CT molecular complexity index is 560. The zero-order valence-electron chi connectivity index (χ0n) is 18.8.